The SMILES string of the molecule is [O-]CC[N+](CCO)(CCO)CCOCCOCCOCCO. The molecule has 0 bridgehead atoms. The predicted molar refractivity (Wildman–Crippen MR) is 78.3 cm³/mol. The Morgan fingerprint density at radius 1 is 0.591 bits per heavy atom. The molecule has 0 atom stereocenters. The molecule has 3 N–H and O–H groups in total. The molecule has 8 heteroatoms. The van der Waals surface area contributed by atoms with E-state index in [0.717, 1.165) is 0 Å². The van der Waals surface area contributed by atoms with E-state index in [1.165, 1.54) is 0 Å². The summed E-state index contributed by atoms with van der Waals surface area (Å²) in [5.74, 6) is 0. The number of rotatable bonds is 17. The number of aliphatic hydroxyl groups is 3. The summed E-state index contributed by atoms with van der Waals surface area (Å²) < 4.78 is 16.2. The molecule has 0 aromatic carbocycles. The predicted octanol–water partition coefficient (Wildman–Crippen LogP) is -2.81. The number of hydrogen-bond acceptors (Lipinski definition) is 7. The van der Waals surface area contributed by atoms with Crippen LogP contribution in [0.25, 0.3) is 0 Å². The molecule has 0 aromatic rings. The molecule has 0 saturated heterocycles. The zero-order chi connectivity index (χ0) is 16.5. The van der Waals surface area contributed by atoms with Gasteiger partial charge in [0.15, 0.2) is 0 Å². The first-order valence-electron chi connectivity index (χ1n) is 7.73. The Bertz CT molecular complexity index is 214. The third-order valence-corrected chi connectivity index (χ3v) is 3.40. The van der Waals surface area contributed by atoms with E-state index in [1.807, 2.05) is 0 Å². The third kappa shape index (κ3) is 11.3. The summed E-state index contributed by atoms with van der Waals surface area (Å²) in [6.45, 7) is 4.14. The third-order valence-electron chi connectivity index (χ3n) is 3.40. The average molecular weight is 325 g/mol. The van der Waals surface area contributed by atoms with Crippen molar-refractivity contribution in [3.63, 3.8) is 0 Å². The Labute approximate surface area is 132 Å². The van der Waals surface area contributed by atoms with Crippen molar-refractivity contribution in [2.45, 2.75) is 0 Å². The van der Waals surface area contributed by atoms with Crippen molar-refractivity contribution < 1.29 is 39.1 Å². The summed E-state index contributed by atoms with van der Waals surface area (Å²) in [5.41, 5.74) is 0. The Morgan fingerprint density at radius 3 is 1.55 bits per heavy atom. The minimum atomic E-state index is -0.239. The molecule has 134 valence electrons. The van der Waals surface area contributed by atoms with E-state index in [9.17, 15) is 5.11 Å². The van der Waals surface area contributed by atoms with Gasteiger partial charge in [-0.1, -0.05) is 6.61 Å². The van der Waals surface area contributed by atoms with Gasteiger partial charge in [0.25, 0.3) is 0 Å². The van der Waals surface area contributed by atoms with Gasteiger partial charge in [0, 0.05) is 0 Å². The lowest BCUT2D eigenvalue weighted by atomic mass is 10.3. The summed E-state index contributed by atoms with van der Waals surface area (Å²) in [5, 5.41) is 37.7. The van der Waals surface area contributed by atoms with E-state index in [4.69, 9.17) is 29.5 Å². The monoisotopic (exact) mass is 325 g/mol. The molecule has 22 heavy (non-hydrogen) atoms. The van der Waals surface area contributed by atoms with Crippen LogP contribution in [-0.2, 0) is 14.2 Å². The number of hydrogen-bond donors (Lipinski definition) is 3. The molecule has 0 rings (SSSR count). The van der Waals surface area contributed by atoms with Gasteiger partial charge in [-0.2, -0.15) is 0 Å². The summed E-state index contributed by atoms with van der Waals surface area (Å²) in [7, 11) is 0. The molecule has 0 fully saturated rings. The molecule has 8 nitrogen and oxygen atoms in total. The highest BCUT2D eigenvalue weighted by Crippen LogP contribution is 2.05. The smallest absolute Gasteiger partial charge is 0.102 e. The maximum Gasteiger partial charge on any atom is 0.102 e. The van der Waals surface area contributed by atoms with Crippen LogP contribution in [-0.4, -0.2) is 112 Å². The lowest BCUT2D eigenvalue weighted by Crippen LogP contribution is -2.56. The van der Waals surface area contributed by atoms with Gasteiger partial charge in [-0.05, 0) is 0 Å². The van der Waals surface area contributed by atoms with Crippen molar-refractivity contribution in [2.24, 2.45) is 0 Å². The average Bonchev–Trinajstić information content (AvgIpc) is 2.50. The van der Waals surface area contributed by atoms with Gasteiger partial charge in [-0.3, -0.25) is 0 Å². The Kier molecular flexibility index (Phi) is 15.3. The van der Waals surface area contributed by atoms with E-state index in [1.54, 1.807) is 0 Å². The van der Waals surface area contributed by atoms with Crippen LogP contribution in [0.1, 0.15) is 0 Å². The molecular weight excluding hydrogens is 294 g/mol. The van der Waals surface area contributed by atoms with Gasteiger partial charge in [-0.15, -0.1) is 0 Å². The minimum Gasteiger partial charge on any atom is -0.850 e. The highest BCUT2D eigenvalue weighted by Gasteiger charge is 2.24. The molecule has 0 aromatic heterocycles. The fourth-order valence-corrected chi connectivity index (χ4v) is 2.15. The van der Waals surface area contributed by atoms with Crippen molar-refractivity contribution in [3.8, 4) is 0 Å². The van der Waals surface area contributed by atoms with Crippen molar-refractivity contribution in [3.05, 3.63) is 0 Å². The number of nitrogens with zero attached hydrogens (tertiary/aromatic N) is 1. The van der Waals surface area contributed by atoms with E-state index < -0.39 is 0 Å². The minimum absolute atomic E-state index is 0.00809. The maximum atomic E-state index is 10.9. The van der Waals surface area contributed by atoms with Crippen LogP contribution in [0, 0.1) is 0 Å². The number of ether oxygens (including phenoxy) is 3. The largest absolute Gasteiger partial charge is 0.850 e. The van der Waals surface area contributed by atoms with Crippen LogP contribution in [0.2, 0.25) is 0 Å². The summed E-state index contributed by atoms with van der Waals surface area (Å²) in [6.07, 6.45) is 0. The molecule has 0 unspecified atom stereocenters. The normalized spacial score (nSPS) is 12.0. The van der Waals surface area contributed by atoms with E-state index in [2.05, 4.69) is 0 Å². The van der Waals surface area contributed by atoms with E-state index in [-0.39, 0.29) is 26.4 Å². The molecule has 0 heterocycles. The highest BCUT2D eigenvalue weighted by molar-refractivity contribution is 4.45. The van der Waals surface area contributed by atoms with Crippen molar-refractivity contribution >= 4 is 0 Å². The van der Waals surface area contributed by atoms with Gasteiger partial charge in [0.05, 0.1) is 66.0 Å². The molecule has 0 aliphatic carbocycles. The summed E-state index contributed by atoms with van der Waals surface area (Å²) in [6, 6.07) is 0. The molecule has 0 aliphatic rings. The van der Waals surface area contributed by atoms with Crippen LogP contribution < -0.4 is 5.11 Å². The second-order valence-corrected chi connectivity index (χ2v) is 4.95. The Hall–Kier alpha value is -0.320. The van der Waals surface area contributed by atoms with Crippen LogP contribution in [0.15, 0.2) is 0 Å². The second kappa shape index (κ2) is 15.6. The Balaban J connectivity index is 3.70. The standard InChI is InChI=1S/C14H31NO7/c16-5-1-15(2-6-17,3-7-18)4-9-20-11-13-22-14-12-21-10-8-19/h16-17,19H,1-14H2. The van der Waals surface area contributed by atoms with Crippen LogP contribution in [0.4, 0.5) is 0 Å². The fourth-order valence-electron chi connectivity index (χ4n) is 2.15. The van der Waals surface area contributed by atoms with Crippen molar-refractivity contribution in [2.75, 3.05) is 92.2 Å². The van der Waals surface area contributed by atoms with Crippen molar-refractivity contribution in [1.29, 1.82) is 0 Å². The van der Waals surface area contributed by atoms with Crippen LogP contribution in [0.3, 0.4) is 0 Å². The zero-order valence-electron chi connectivity index (χ0n) is 13.3. The van der Waals surface area contributed by atoms with Gasteiger partial charge in [0.2, 0.25) is 0 Å². The van der Waals surface area contributed by atoms with Crippen LogP contribution in [0.5, 0.6) is 0 Å². The van der Waals surface area contributed by atoms with Gasteiger partial charge in [-0.25, -0.2) is 0 Å². The first-order chi connectivity index (χ1) is 10.7. The highest BCUT2D eigenvalue weighted by atomic mass is 16.5. The van der Waals surface area contributed by atoms with Gasteiger partial charge in [0.1, 0.15) is 19.6 Å². The Morgan fingerprint density at radius 2 is 1.09 bits per heavy atom. The first-order valence-corrected chi connectivity index (χ1v) is 7.73. The molecule has 0 radical (unpaired) electrons. The number of aliphatic hydroxyl groups excluding tert-OH is 3. The topological polar surface area (TPSA) is 111 Å². The van der Waals surface area contributed by atoms with Gasteiger partial charge >= 0.3 is 0 Å². The summed E-state index contributed by atoms with van der Waals surface area (Å²) >= 11 is 0. The molecule has 0 aliphatic heterocycles. The van der Waals surface area contributed by atoms with Crippen LogP contribution >= 0.6 is 0 Å². The lowest BCUT2D eigenvalue weighted by molar-refractivity contribution is -0.933. The van der Waals surface area contributed by atoms with E-state index in [0.29, 0.717) is 70.3 Å². The van der Waals surface area contributed by atoms with Crippen molar-refractivity contribution in [1.82, 2.24) is 0 Å². The molecule has 0 saturated carbocycles. The lowest BCUT2D eigenvalue weighted by Gasteiger charge is -2.39. The number of quaternary nitrogens is 1. The zero-order valence-corrected chi connectivity index (χ0v) is 13.3. The summed E-state index contributed by atoms with van der Waals surface area (Å²) in [4.78, 5) is 0. The first kappa shape index (κ1) is 21.7. The molecule has 0 spiro atoms. The quantitative estimate of drug-likeness (QED) is 0.195. The fraction of sp³-hybridized carbons (Fsp3) is 1.00. The van der Waals surface area contributed by atoms with E-state index >= 15 is 0 Å². The molecular formula is C14H31NO7. The molecule has 0 amide bonds. The maximum absolute atomic E-state index is 10.9. The van der Waals surface area contributed by atoms with Gasteiger partial charge < -0.3 is 39.1 Å². The second-order valence-electron chi connectivity index (χ2n) is 4.95.